The van der Waals surface area contributed by atoms with Crippen molar-refractivity contribution in [2.45, 2.75) is 6.54 Å². The van der Waals surface area contributed by atoms with Crippen LogP contribution in [-0.2, 0) is 11.3 Å². The molecule has 0 bridgehead atoms. The molecule has 0 atom stereocenters. The van der Waals surface area contributed by atoms with Gasteiger partial charge in [0, 0.05) is 16.3 Å². The zero-order valence-electron chi connectivity index (χ0n) is 9.70. The smallest absolute Gasteiger partial charge is 0.328 e. The van der Waals surface area contributed by atoms with E-state index in [0.29, 0.717) is 11.4 Å². The van der Waals surface area contributed by atoms with Crippen molar-refractivity contribution in [1.82, 2.24) is 10.3 Å². The van der Waals surface area contributed by atoms with Gasteiger partial charge in [0.2, 0.25) is 0 Å². The number of carboxylic acids is 1. The molecule has 2 aromatic heterocycles. The van der Waals surface area contributed by atoms with Crippen LogP contribution in [0, 0.1) is 0 Å². The molecule has 0 fully saturated rings. The number of nitrogens with one attached hydrogen (secondary N) is 1. The maximum Gasteiger partial charge on any atom is 0.328 e. The first-order valence-electron chi connectivity index (χ1n) is 5.31. The molecule has 0 spiro atoms. The number of thiazole rings is 1. The summed E-state index contributed by atoms with van der Waals surface area (Å²) in [5, 5.41) is 13.1. The molecule has 2 heterocycles. The molecule has 2 N–H and O–H groups in total. The van der Waals surface area contributed by atoms with Crippen molar-refractivity contribution < 1.29 is 14.7 Å². The van der Waals surface area contributed by atoms with Crippen LogP contribution < -0.4 is 5.32 Å². The predicted molar refractivity (Wildman–Crippen MR) is 74.3 cm³/mol. The van der Waals surface area contributed by atoms with Gasteiger partial charge in [-0.15, -0.1) is 22.7 Å². The van der Waals surface area contributed by atoms with Gasteiger partial charge < -0.3 is 10.4 Å². The Bertz CT molecular complexity index is 602. The molecule has 7 heteroatoms. The Morgan fingerprint density at radius 3 is 2.95 bits per heavy atom. The van der Waals surface area contributed by atoms with E-state index in [1.54, 1.807) is 17.6 Å². The Morgan fingerprint density at radius 1 is 1.42 bits per heavy atom. The standard InChI is InChI=1S/C12H10N2O3S2/c15-11(16)4-2-9-1-3-10(19-9)12(17)13-5-8-6-18-7-14-8/h1-4,6-7H,5H2,(H,13,17)(H,15,16). The second-order valence-electron chi connectivity index (χ2n) is 3.54. The molecule has 19 heavy (non-hydrogen) atoms. The highest BCUT2D eigenvalue weighted by molar-refractivity contribution is 7.14. The zero-order chi connectivity index (χ0) is 13.7. The monoisotopic (exact) mass is 294 g/mol. The molecule has 2 aromatic rings. The van der Waals surface area contributed by atoms with Gasteiger partial charge in [-0.25, -0.2) is 9.78 Å². The molecule has 0 radical (unpaired) electrons. The molecule has 0 saturated carbocycles. The number of hydrogen-bond donors (Lipinski definition) is 2. The fourth-order valence-electron chi connectivity index (χ4n) is 1.30. The van der Waals surface area contributed by atoms with Gasteiger partial charge in [0.05, 0.1) is 22.6 Å². The normalized spacial score (nSPS) is 10.7. The lowest BCUT2D eigenvalue weighted by Gasteiger charge is -1.99. The number of rotatable bonds is 5. The van der Waals surface area contributed by atoms with Gasteiger partial charge in [0.15, 0.2) is 0 Å². The maximum absolute atomic E-state index is 11.8. The molecule has 5 nitrogen and oxygen atoms in total. The molecule has 0 unspecified atom stereocenters. The largest absolute Gasteiger partial charge is 0.478 e. The number of amides is 1. The van der Waals surface area contributed by atoms with Gasteiger partial charge in [0.25, 0.3) is 5.91 Å². The van der Waals surface area contributed by atoms with Gasteiger partial charge in [-0.1, -0.05) is 0 Å². The quantitative estimate of drug-likeness (QED) is 0.829. The Hall–Kier alpha value is -1.99. The van der Waals surface area contributed by atoms with Crippen LogP contribution in [0.1, 0.15) is 20.2 Å². The first-order valence-corrected chi connectivity index (χ1v) is 7.07. The second-order valence-corrected chi connectivity index (χ2v) is 5.37. The lowest BCUT2D eigenvalue weighted by Crippen LogP contribution is -2.21. The van der Waals surface area contributed by atoms with Crippen LogP contribution in [0.3, 0.4) is 0 Å². The molecule has 2 rings (SSSR count). The van der Waals surface area contributed by atoms with E-state index >= 15 is 0 Å². The lowest BCUT2D eigenvalue weighted by molar-refractivity contribution is -0.131. The van der Waals surface area contributed by atoms with E-state index in [1.807, 2.05) is 5.38 Å². The van der Waals surface area contributed by atoms with Crippen molar-refractivity contribution in [2.24, 2.45) is 0 Å². The summed E-state index contributed by atoms with van der Waals surface area (Å²) < 4.78 is 0. The predicted octanol–water partition coefficient (Wildman–Crippen LogP) is 2.23. The number of nitrogens with zero attached hydrogens (tertiary/aromatic N) is 1. The molecule has 1 amide bonds. The van der Waals surface area contributed by atoms with E-state index < -0.39 is 5.97 Å². The summed E-state index contributed by atoms with van der Waals surface area (Å²) in [4.78, 5) is 27.5. The van der Waals surface area contributed by atoms with E-state index in [1.165, 1.54) is 28.7 Å². The van der Waals surface area contributed by atoms with Crippen LogP contribution in [-0.4, -0.2) is 22.0 Å². The molecule has 0 aliphatic carbocycles. The molecule has 0 saturated heterocycles. The molecule has 0 aliphatic rings. The summed E-state index contributed by atoms with van der Waals surface area (Å²) in [6.07, 6.45) is 2.51. The van der Waals surface area contributed by atoms with E-state index in [2.05, 4.69) is 10.3 Å². The summed E-state index contributed by atoms with van der Waals surface area (Å²) in [6.45, 7) is 0.389. The second kappa shape index (κ2) is 6.26. The Morgan fingerprint density at radius 2 is 2.26 bits per heavy atom. The van der Waals surface area contributed by atoms with Gasteiger partial charge in [-0.05, 0) is 18.2 Å². The summed E-state index contributed by atoms with van der Waals surface area (Å²) in [5.41, 5.74) is 2.53. The maximum atomic E-state index is 11.8. The first-order chi connectivity index (χ1) is 9.15. The SMILES string of the molecule is O=C(O)C=Cc1ccc(C(=O)NCc2cscn2)s1. The van der Waals surface area contributed by atoms with Gasteiger partial charge in [-0.2, -0.15) is 0 Å². The third-order valence-corrected chi connectivity index (χ3v) is 3.84. The number of carbonyl (C=O) groups excluding carboxylic acids is 1. The van der Waals surface area contributed by atoms with E-state index in [0.717, 1.165) is 16.6 Å². The minimum absolute atomic E-state index is 0.187. The minimum atomic E-state index is -1.01. The minimum Gasteiger partial charge on any atom is -0.478 e. The van der Waals surface area contributed by atoms with Crippen molar-refractivity contribution in [3.8, 4) is 0 Å². The van der Waals surface area contributed by atoms with Gasteiger partial charge >= 0.3 is 5.97 Å². The average molecular weight is 294 g/mol. The first kappa shape index (κ1) is 13.4. The molecule has 0 aliphatic heterocycles. The molecular weight excluding hydrogens is 284 g/mol. The van der Waals surface area contributed by atoms with Crippen molar-refractivity contribution >= 4 is 40.6 Å². The van der Waals surface area contributed by atoms with E-state index in [9.17, 15) is 9.59 Å². The fraction of sp³-hybridized carbons (Fsp3) is 0.0833. The molecular formula is C12H10N2O3S2. The number of thiophene rings is 1. The number of hydrogen-bond acceptors (Lipinski definition) is 5. The van der Waals surface area contributed by atoms with Crippen LogP contribution in [0.5, 0.6) is 0 Å². The van der Waals surface area contributed by atoms with E-state index in [-0.39, 0.29) is 5.91 Å². The van der Waals surface area contributed by atoms with Crippen LogP contribution in [0.2, 0.25) is 0 Å². The van der Waals surface area contributed by atoms with Crippen LogP contribution in [0.15, 0.2) is 29.1 Å². The summed E-state index contributed by atoms with van der Waals surface area (Å²) in [7, 11) is 0. The summed E-state index contributed by atoms with van der Waals surface area (Å²) >= 11 is 2.72. The topological polar surface area (TPSA) is 79.3 Å². The van der Waals surface area contributed by atoms with Crippen molar-refractivity contribution in [1.29, 1.82) is 0 Å². The van der Waals surface area contributed by atoms with E-state index in [4.69, 9.17) is 5.11 Å². The third-order valence-electron chi connectivity index (χ3n) is 2.15. The van der Waals surface area contributed by atoms with Crippen molar-refractivity contribution in [3.05, 3.63) is 44.5 Å². The Labute approximate surface area is 117 Å². The number of carboxylic acid groups (broad SMARTS) is 1. The van der Waals surface area contributed by atoms with Crippen molar-refractivity contribution in [2.75, 3.05) is 0 Å². The average Bonchev–Trinajstić information content (AvgIpc) is 3.04. The fourth-order valence-corrected chi connectivity index (χ4v) is 2.69. The van der Waals surface area contributed by atoms with Crippen LogP contribution in [0.25, 0.3) is 6.08 Å². The lowest BCUT2D eigenvalue weighted by atomic mass is 10.3. The Balaban J connectivity index is 1.94. The van der Waals surface area contributed by atoms with Crippen LogP contribution >= 0.6 is 22.7 Å². The highest BCUT2D eigenvalue weighted by atomic mass is 32.1. The summed E-state index contributed by atoms with van der Waals surface area (Å²) in [5.74, 6) is -1.20. The highest BCUT2D eigenvalue weighted by Crippen LogP contribution is 2.18. The molecule has 98 valence electrons. The van der Waals surface area contributed by atoms with Crippen LogP contribution in [0.4, 0.5) is 0 Å². The zero-order valence-corrected chi connectivity index (χ0v) is 11.3. The third kappa shape index (κ3) is 4.01. The van der Waals surface area contributed by atoms with Gasteiger partial charge in [-0.3, -0.25) is 4.79 Å². The number of carbonyl (C=O) groups is 2. The highest BCUT2D eigenvalue weighted by Gasteiger charge is 2.08. The summed E-state index contributed by atoms with van der Waals surface area (Å²) in [6, 6.07) is 3.38. The molecule has 0 aromatic carbocycles. The van der Waals surface area contributed by atoms with Crippen molar-refractivity contribution in [3.63, 3.8) is 0 Å². The number of aromatic nitrogens is 1. The van der Waals surface area contributed by atoms with Gasteiger partial charge in [0.1, 0.15) is 0 Å². The number of aliphatic carboxylic acids is 1. The Kier molecular flexibility index (Phi) is 4.43.